The van der Waals surface area contributed by atoms with E-state index in [4.69, 9.17) is 17.2 Å². The number of Topliss-reactive ketones (excluding diaryl/α,β-unsaturated/α-hetero) is 6. The maximum atomic E-state index is 15.6. The van der Waals surface area contributed by atoms with Crippen molar-refractivity contribution in [3.05, 3.63) is 203 Å². The number of hydrogen-bond donors (Lipinski definition) is 11. The molecule has 3 aliphatic rings. The number of benzene rings is 5. The third-order valence-electron chi connectivity index (χ3n) is 23.7. The highest BCUT2D eigenvalue weighted by molar-refractivity contribution is 7.99. The van der Waals surface area contributed by atoms with Gasteiger partial charge in [-0.15, -0.1) is 0 Å². The molecule has 24 heteroatoms. The number of pyridine rings is 1. The van der Waals surface area contributed by atoms with Crippen molar-refractivity contribution in [2.45, 2.75) is 190 Å². The van der Waals surface area contributed by atoms with E-state index in [2.05, 4.69) is 77.6 Å². The second-order valence-corrected chi connectivity index (χ2v) is 33.6. The van der Waals surface area contributed by atoms with Crippen LogP contribution in [0.2, 0.25) is 0 Å². The predicted octanol–water partition coefficient (Wildman–Crippen LogP) is 10.0. The van der Waals surface area contributed by atoms with Crippen LogP contribution in [0.15, 0.2) is 169 Å². The number of guanidine groups is 1. The third-order valence-corrected chi connectivity index (χ3v) is 24.9. The molecule has 2 saturated heterocycles. The Morgan fingerprint density at radius 2 is 1.28 bits per heavy atom. The number of nitrogens with two attached hydrogens (primary N) is 3. The summed E-state index contributed by atoms with van der Waals surface area (Å²) < 4.78 is 0. The van der Waals surface area contributed by atoms with E-state index < -0.39 is 102 Å². The number of H-pyrrole nitrogens is 2. The number of nitrogens with one attached hydrogen (secondary N) is 6. The number of aromatic amines is 2. The molecule has 1 aliphatic carbocycles. The first kappa shape index (κ1) is 86.9. The molecule has 0 spiro atoms. The van der Waals surface area contributed by atoms with Gasteiger partial charge in [0.15, 0.2) is 29.1 Å². The number of nitrogens with zero attached hydrogens (tertiary/aromatic N) is 3. The van der Waals surface area contributed by atoms with E-state index in [0.717, 1.165) is 47.2 Å². The number of thioether (sulfide) groups is 1. The van der Waals surface area contributed by atoms with E-state index >= 15 is 24.0 Å². The fourth-order valence-electron chi connectivity index (χ4n) is 17.5. The first-order valence-corrected chi connectivity index (χ1v) is 42.7. The van der Waals surface area contributed by atoms with Gasteiger partial charge in [0.1, 0.15) is 23.4 Å². The fraction of sp³-hybridized carbons (Fsp3) is 0.467. The minimum absolute atomic E-state index is 0.00274. The van der Waals surface area contributed by atoms with Gasteiger partial charge in [0.05, 0.1) is 30.0 Å². The molecule has 11 rings (SSSR count). The van der Waals surface area contributed by atoms with Gasteiger partial charge in [0, 0.05) is 140 Å². The zero-order valence-electron chi connectivity index (χ0n) is 66.9. The highest BCUT2D eigenvalue weighted by Gasteiger charge is 2.41. The van der Waals surface area contributed by atoms with Crippen molar-refractivity contribution >= 4 is 91.9 Å². The molecule has 23 nitrogen and oxygen atoms in total. The lowest BCUT2D eigenvalue weighted by Crippen LogP contribution is -2.51. The molecule has 3 amide bonds. The molecule has 5 aromatic carbocycles. The number of phenolic OH excluding ortho intramolecular Hbond substituents is 1. The van der Waals surface area contributed by atoms with Gasteiger partial charge in [0.25, 0.3) is 0 Å². The van der Waals surface area contributed by atoms with Crippen LogP contribution in [0, 0.1) is 35.5 Å². The molecule has 2 fully saturated rings. The van der Waals surface area contributed by atoms with E-state index in [0.29, 0.717) is 85.4 Å². The number of carbonyl (C=O) groups excluding carboxylic acids is 9. The van der Waals surface area contributed by atoms with Gasteiger partial charge < -0.3 is 63.5 Å². The number of likely N-dealkylation sites (N-methyl/N-ethyl adjacent to an activating group) is 1. The summed E-state index contributed by atoms with van der Waals surface area (Å²) in [7, 11) is 2.22. The molecule has 0 radical (unpaired) electrons. The molecule has 3 aromatic heterocycles. The van der Waals surface area contributed by atoms with Gasteiger partial charge in [-0.2, -0.15) is 11.8 Å². The molecule has 116 heavy (non-hydrogen) atoms. The van der Waals surface area contributed by atoms with E-state index in [1.807, 2.05) is 97.1 Å². The standard InChI is InChI=1S/C92H116N12O11S/c1-58(105)88-86(112)49-67(40-59-19-6-3-7-20-59)82(108)31-11-5-10-29-77(98-52-63(39-61-32-34-71(106)35-33-61)42-72(107)57-116-56-64-43-75-74-27-16-30-78-87(74)70(54-100-78)46-81(75)104(2)55-64)83(109)47-66(25-18-38-97-92(94)95)89(113)101-79(44-60-21-8-4-9-22-60)85(111)50-68(41-62-23-17-37-96-51-62)91(115)102-80(45-69-53-99-76-28-13-12-26-73(69)76)84(110)48-65(90(114)103-88)24-14-15-36-93/h3-4,6-9,12-13,16-17,19-23,26-28,30,32-35,37,51,53-54,58,63-68,75,77,79-81,88,98-100,105-106H,5,10-11,14-15,18,24-25,29,31,36,38-50,52,55-57,93H2,1-2H3,(H,101,113)(H,102,115)(H,103,114)(H4,94,95,97)/t58-,63-,64-,65-,66-,67-,68-,75-,77-,79+,80-,81-,88+/m1/s1. The molecular formula is C92H116N12O11S. The van der Waals surface area contributed by atoms with Crippen LogP contribution in [-0.4, -0.2) is 169 Å². The summed E-state index contributed by atoms with van der Waals surface area (Å²) in [5, 5.41) is 36.5. The molecule has 0 saturated carbocycles. The molecule has 0 bridgehead atoms. The lowest BCUT2D eigenvalue weighted by atomic mass is 9.73. The minimum Gasteiger partial charge on any atom is -0.508 e. The smallest absolute Gasteiger partial charge is 0.224 e. The summed E-state index contributed by atoms with van der Waals surface area (Å²) >= 11 is 1.66. The highest BCUT2D eigenvalue weighted by Crippen LogP contribution is 2.45. The first-order valence-electron chi connectivity index (χ1n) is 41.5. The number of amides is 3. The number of phenols is 1. The molecular weight excluding hydrogens is 1480 g/mol. The van der Waals surface area contributed by atoms with Crippen LogP contribution in [0.3, 0.4) is 0 Å². The Balaban J connectivity index is 0.904. The van der Waals surface area contributed by atoms with Gasteiger partial charge in [-0.1, -0.05) is 128 Å². The zero-order chi connectivity index (χ0) is 82.0. The maximum Gasteiger partial charge on any atom is 0.224 e. The van der Waals surface area contributed by atoms with Gasteiger partial charge in [-0.3, -0.25) is 53.1 Å². The molecule has 14 N–H and O–H groups in total. The second kappa shape index (κ2) is 43.3. The maximum absolute atomic E-state index is 15.6. The Morgan fingerprint density at radius 1 is 0.638 bits per heavy atom. The molecule has 5 heterocycles. The quantitative estimate of drug-likeness (QED) is 0.0123. The lowest BCUT2D eigenvalue weighted by Gasteiger charge is -2.45. The van der Waals surface area contributed by atoms with Gasteiger partial charge in [-0.05, 0) is 191 Å². The molecule has 13 atom stereocenters. The number of aliphatic hydroxyl groups is 1. The van der Waals surface area contributed by atoms with E-state index in [1.54, 1.807) is 54.6 Å². The number of rotatable bonds is 28. The van der Waals surface area contributed by atoms with Gasteiger partial charge >= 0.3 is 0 Å². The summed E-state index contributed by atoms with van der Waals surface area (Å²) in [6.45, 7) is 2.96. The summed E-state index contributed by atoms with van der Waals surface area (Å²) in [6, 6.07) is 38.3. The number of para-hydroxylation sites is 1. The number of ketones is 6. The van der Waals surface area contributed by atoms with E-state index in [-0.39, 0.29) is 125 Å². The van der Waals surface area contributed by atoms with Crippen molar-refractivity contribution < 1.29 is 53.4 Å². The zero-order valence-corrected chi connectivity index (χ0v) is 67.8. The fourth-order valence-corrected chi connectivity index (χ4v) is 18.5. The normalized spacial score (nSPS) is 23.5. The van der Waals surface area contributed by atoms with Crippen LogP contribution in [0.5, 0.6) is 5.75 Å². The Hall–Kier alpha value is -9.98. The summed E-state index contributed by atoms with van der Waals surface area (Å²) in [5.41, 5.74) is 26.0. The number of likely N-dealkylation sites (tertiary alicyclic amines) is 1. The average molecular weight is 1600 g/mol. The second-order valence-electron chi connectivity index (χ2n) is 32.6. The summed E-state index contributed by atoms with van der Waals surface area (Å²) in [6.07, 6.45) is 10.1. The number of aliphatic imine (C=N–C) groups is 1. The Morgan fingerprint density at radius 3 is 1.99 bits per heavy atom. The van der Waals surface area contributed by atoms with E-state index in [1.165, 1.54) is 29.0 Å². The van der Waals surface area contributed by atoms with Crippen molar-refractivity contribution in [1.29, 1.82) is 0 Å². The number of fused-ring (bicyclic) bond motifs is 3. The summed E-state index contributed by atoms with van der Waals surface area (Å²) in [5.74, 6) is -6.65. The van der Waals surface area contributed by atoms with Crippen molar-refractivity contribution in [2.24, 2.45) is 57.7 Å². The number of piperidine rings is 1. The number of aliphatic hydroxyl groups excluding tert-OH is 1. The van der Waals surface area contributed by atoms with Crippen LogP contribution >= 0.6 is 11.8 Å². The van der Waals surface area contributed by atoms with Crippen LogP contribution in [0.1, 0.15) is 155 Å². The molecule has 8 aromatic rings. The first-order chi connectivity index (χ1) is 56.1. The van der Waals surface area contributed by atoms with Crippen molar-refractivity contribution in [3.63, 3.8) is 0 Å². The number of hydrogen-bond acceptors (Lipinski definition) is 17. The number of carbonyl (C=O) groups is 9. The Kier molecular flexibility index (Phi) is 32.4. The van der Waals surface area contributed by atoms with Crippen molar-refractivity contribution in [2.75, 3.05) is 44.7 Å². The molecule has 616 valence electrons. The lowest BCUT2D eigenvalue weighted by molar-refractivity contribution is -0.136. The minimum atomic E-state index is -1.47. The van der Waals surface area contributed by atoms with Crippen LogP contribution < -0.4 is 38.5 Å². The molecule has 2 aliphatic heterocycles. The van der Waals surface area contributed by atoms with Crippen molar-refractivity contribution in [3.8, 4) is 5.75 Å². The average Bonchev–Trinajstić information content (AvgIpc) is 1.49. The SMILES string of the molecule is C[C@@H](O)[C@@H]1NC(=O)[C@H](CCCCN)CC(=O)[C@@H](Cc2c[nH]c3ccccc23)NC(=O)[C@H](Cc2cccnc2)CC(=O)[C@H](Cc2ccccc2)NC(=O)[C@H](CCCN=C(N)N)CC(=O)[C@H](NC[C@@H](CC(=O)CSC[C@@H]2C[C@@H]3c4cccc5[nH]cc(c45)C[C@H]3N(C)C2)Cc2ccc(O)cc2)CCCCCC(=O)[C@H](Cc2ccccc2)CC1=O. The summed E-state index contributed by atoms with van der Waals surface area (Å²) in [4.78, 5) is 155. The van der Waals surface area contributed by atoms with Crippen LogP contribution in [0.25, 0.3) is 21.8 Å². The number of aromatic nitrogens is 3. The van der Waals surface area contributed by atoms with Crippen LogP contribution in [0.4, 0.5) is 0 Å². The Bertz CT molecular complexity index is 4630. The van der Waals surface area contributed by atoms with Crippen LogP contribution in [-0.2, 0) is 81.7 Å². The highest BCUT2D eigenvalue weighted by atomic mass is 32.2. The molecule has 0 unspecified atom stereocenters. The van der Waals surface area contributed by atoms with Crippen molar-refractivity contribution in [1.82, 2.24) is 41.1 Å². The number of unbranched alkanes of at least 4 members (excludes halogenated alkanes) is 1. The van der Waals surface area contributed by atoms with E-state index in [9.17, 15) is 29.4 Å². The Labute approximate surface area is 684 Å². The van der Waals surface area contributed by atoms with Gasteiger partial charge in [-0.25, -0.2) is 0 Å². The predicted molar refractivity (Wildman–Crippen MR) is 454 cm³/mol. The number of aromatic hydroxyl groups is 1. The van der Waals surface area contributed by atoms with Gasteiger partial charge in [0.2, 0.25) is 17.7 Å². The largest absolute Gasteiger partial charge is 0.508 e. The monoisotopic (exact) mass is 1600 g/mol. The third kappa shape index (κ3) is 25.0. The topological polar surface area (TPSA) is 380 Å².